The number of hydrogen-bond donors (Lipinski definition) is 1. The normalized spacial score (nSPS) is 16.0. The first-order valence-electron chi connectivity index (χ1n) is 10.1. The van der Waals surface area contributed by atoms with Gasteiger partial charge in [-0.05, 0) is 37.0 Å². The number of piperidine rings is 1. The van der Waals surface area contributed by atoms with Gasteiger partial charge in [0.15, 0.2) is 5.69 Å². The largest absolute Gasteiger partial charge is 0.352 e. The monoisotopic (exact) mass is 419 g/mol. The quantitative estimate of drug-likeness (QED) is 0.682. The molecule has 8 nitrogen and oxygen atoms in total. The van der Waals surface area contributed by atoms with Gasteiger partial charge in [-0.1, -0.05) is 12.1 Å². The molecule has 1 atom stereocenters. The van der Waals surface area contributed by atoms with E-state index in [1.807, 2.05) is 11.0 Å². The number of aryl methyl sites for hydroxylation is 1. The highest BCUT2D eigenvalue weighted by molar-refractivity contribution is 5.99. The summed E-state index contributed by atoms with van der Waals surface area (Å²) in [5.74, 6) is -0.0540. The molecular weight excluding hydrogens is 397 g/mol. The van der Waals surface area contributed by atoms with Crippen LogP contribution in [0.5, 0.6) is 0 Å². The second-order valence-corrected chi connectivity index (χ2v) is 7.51. The molecule has 0 unspecified atom stereocenters. The third kappa shape index (κ3) is 4.53. The molecule has 0 bridgehead atoms. The van der Waals surface area contributed by atoms with Crippen LogP contribution in [0.3, 0.4) is 0 Å². The van der Waals surface area contributed by atoms with E-state index in [0.29, 0.717) is 35.9 Å². The minimum absolute atomic E-state index is 0.0384. The van der Waals surface area contributed by atoms with E-state index in [4.69, 9.17) is 5.26 Å². The number of rotatable bonds is 5. The van der Waals surface area contributed by atoms with Crippen LogP contribution in [0.2, 0.25) is 0 Å². The van der Waals surface area contributed by atoms with Crippen molar-refractivity contribution in [1.82, 2.24) is 24.6 Å². The fourth-order valence-corrected chi connectivity index (χ4v) is 3.79. The molecule has 0 spiro atoms. The van der Waals surface area contributed by atoms with E-state index in [1.165, 1.54) is 24.5 Å². The van der Waals surface area contributed by atoms with Crippen LogP contribution >= 0.6 is 0 Å². The van der Waals surface area contributed by atoms with Crippen molar-refractivity contribution in [3.8, 4) is 17.2 Å². The summed E-state index contributed by atoms with van der Waals surface area (Å²) < 4.78 is 15.0. The summed E-state index contributed by atoms with van der Waals surface area (Å²) in [6.07, 6.45) is 7.51. The second kappa shape index (κ2) is 8.92. The number of carbonyl (C=O) groups is 1. The predicted molar refractivity (Wildman–Crippen MR) is 113 cm³/mol. The Morgan fingerprint density at radius 3 is 2.71 bits per heavy atom. The summed E-state index contributed by atoms with van der Waals surface area (Å²) in [6.45, 7) is 1.13. The molecule has 0 aliphatic carbocycles. The van der Waals surface area contributed by atoms with Gasteiger partial charge in [0.1, 0.15) is 11.9 Å². The van der Waals surface area contributed by atoms with E-state index >= 15 is 0 Å². The third-order valence-electron chi connectivity index (χ3n) is 5.35. The van der Waals surface area contributed by atoms with Crippen molar-refractivity contribution < 1.29 is 9.18 Å². The lowest BCUT2D eigenvalue weighted by Crippen LogP contribution is -2.47. The molecule has 1 N–H and O–H groups in total. The van der Waals surface area contributed by atoms with Crippen LogP contribution in [-0.2, 0) is 7.05 Å². The topological polar surface area (TPSA) is 99.7 Å². The van der Waals surface area contributed by atoms with E-state index in [1.54, 1.807) is 30.1 Å². The molecule has 1 aliphatic rings. The summed E-state index contributed by atoms with van der Waals surface area (Å²) in [5, 5.41) is 16.4. The van der Waals surface area contributed by atoms with E-state index in [-0.39, 0.29) is 17.8 Å². The number of amides is 1. The number of nitrogens with one attached hydrogen (secondary N) is 1. The Morgan fingerprint density at radius 2 is 2.00 bits per heavy atom. The summed E-state index contributed by atoms with van der Waals surface area (Å²) in [4.78, 5) is 23.6. The van der Waals surface area contributed by atoms with Crippen molar-refractivity contribution >= 4 is 11.9 Å². The molecule has 2 aromatic heterocycles. The fraction of sp³-hybridized carbons (Fsp3) is 0.318. The van der Waals surface area contributed by atoms with Crippen molar-refractivity contribution in [2.24, 2.45) is 7.05 Å². The molecule has 1 aliphatic heterocycles. The van der Waals surface area contributed by atoms with Gasteiger partial charge in [0, 0.05) is 37.9 Å². The van der Waals surface area contributed by atoms with Crippen molar-refractivity contribution in [2.45, 2.75) is 25.3 Å². The number of halogens is 1. The fourth-order valence-electron chi connectivity index (χ4n) is 3.79. The van der Waals surface area contributed by atoms with Gasteiger partial charge in [0.2, 0.25) is 5.95 Å². The van der Waals surface area contributed by atoms with Gasteiger partial charge in [-0.2, -0.15) is 10.4 Å². The van der Waals surface area contributed by atoms with Gasteiger partial charge in [0.05, 0.1) is 18.0 Å². The lowest BCUT2D eigenvalue weighted by molar-refractivity contribution is 0.0622. The molecule has 9 heteroatoms. The van der Waals surface area contributed by atoms with E-state index in [9.17, 15) is 9.18 Å². The van der Waals surface area contributed by atoms with Gasteiger partial charge in [0.25, 0.3) is 5.91 Å². The zero-order chi connectivity index (χ0) is 21.8. The average molecular weight is 419 g/mol. The number of hydrogen-bond acceptors (Lipinski definition) is 6. The van der Waals surface area contributed by atoms with Gasteiger partial charge < -0.3 is 10.2 Å². The average Bonchev–Trinajstić information content (AvgIpc) is 3.20. The molecule has 1 amide bonds. The van der Waals surface area contributed by atoms with E-state index < -0.39 is 0 Å². The highest BCUT2D eigenvalue weighted by atomic mass is 19.1. The van der Waals surface area contributed by atoms with Crippen LogP contribution in [0.15, 0.2) is 42.9 Å². The summed E-state index contributed by atoms with van der Waals surface area (Å²) in [7, 11) is 1.77. The molecule has 0 saturated carbocycles. The Morgan fingerprint density at radius 1 is 1.26 bits per heavy atom. The first-order valence-corrected chi connectivity index (χ1v) is 10.1. The molecule has 3 aromatic rings. The van der Waals surface area contributed by atoms with Crippen LogP contribution in [-0.4, -0.2) is 49.7 Å². The van der Waals surface area contributed by atoms with E-state index in [2.05, 4.69) is 20.4 Å². The summed E-state index contributed by atoms with van der Waals surface area (Å²) in [6, 6.07) is 8.01. The third-order valence-corrected chi connectivity index (χ3v) is 5.35. The number of benzene rings is 1. The minimum atomic E-state index is -0.326. The molecule has 158 valence electrons. The van der Waals surface area contributed by atoms with Crippen LogP contribution in [0.25, 0.3) is 11.1 Å². The Labute approximate surface area is 179 Å². The zero-order valence-electron chi connectivity index (χ0n) is 17.1. The van der Waals surface area contributed by atoms with Crippen LogP contribution in [0, 0.1) is 17.1 Å². The van der Waals surface area contributed by atoms with E-state index in [0.717, 1.165) is 24.8 Å². The lowest BCUT2D eigenvalue weighted by atomic mass is 10.00. The van der Waals surface area contributed by atoms with Crippen molar-refractivity contribution in [2.75, 3.05) is 18.4 Å². The highest BCUT2D eigenvalue weighted by Crippen LogP contribution is 2.27. The number of nitrogens with zero attached hydrogens (tertiary/aromatic N) is 6. The van der Waals surface area contributed by atoms with Crippen molar-refractivity contribution in [3.05, 3.63) is 59.9 Å². The van der Waals surface area contributed by atoms with Gasteiger partial charge in [-0.15, -0.1) is 0 Å². The Kier molecular flexibility index (Phi) is 5.89. The van der Waals surface area contributed by atoms with Gasteiger partial charge in [-0.25, -0.2) is 14.4 Å². The minimum Gasteiger partial charge on any atom is -0.352 e. The maximum Gasteiger partial charge on any atom is 0.275 e. The van der Waals surface area contributed by atoms with Crippen molar-refractivity contribution in [1.29, 1.82) is 5.26 Å². The summed E-state index contributed by atoms with van der Waals surface area (Å²) >= 11 is 0. The number of aromatic nitrogens is 4. The number of anilines is 1. The van der Waals surface area contributed by atoms with Crippen LogP contribution in [0.1, 0.15) is 35.3 Å². The molecular formula is C22H22FN7O. The predicted octanol–water partition coefficient (Wildman–Crippen LogP) is 2.99. The molecule has 1 aromatic carbocycles. The standard InChI is InChI=1S/C22H22FN7O/c1-29-14-19(16-5-7-17(23)8-6-16)20(28-29)21(31)30-9-3-2-4-18(30)13-27-22-25-11-15(10-24)12-26-22/h5-8,11-12,14,18H,2-4,9,13H2,1H3,(H,25,26,27)/t18-/m0/s1. The van der Waals surface area contributed by atoms with Crippen molar-refractivity contribution in [3.63, 3.8) is 0 Å². The molecule has 4 rings (SSSR count). The Bertz CT molecular complexity index is 1100. The first kappa shape index (κ1) is 20.5. The molecule has 1 fully saturated rings. The highest BCUT2D eigenvalue weighted by Gasteiger charge is 2.30. The second-order valence-electron chi connectivity index (χ2n) is 7.51. The molecule has 0 radical (unpaired) electrons. The molecule has 3 heterocycles. The SMILES string of the molecule is Cn1cc(-c2ccc(F)cc2)c(C(=O)N2CCCC[C@H]2CNc2ncc(C#N)cn2)n1. The smallest absolute Gasteiger partial charge is 0.275 e. The number of nitriles is 1. The number of likely N-dealkylation sites (tertiary alicyclic amines) is 1. The molecule has 31 heavy (non-hydrogen) atoms. The summed E-state index contributed by atoms with van der Waals surface area (Å²) in [5.41, 5.74) is 2.18. The van der Waals surface area contributed by atoms with Gasteiger partial charge >= 0.3 is 0 Å². The van der Waals surface area contributed by atoms with Crippen LogP contribution < -0.4 is 5.32 Å². The maximum atomic E-state index is 13.5. The lowest BCUT2D eigenvalue weighted by Gasteiger charge is -2.35. The Hall–Kier alpha value is -3.80. The number of carbonyl (C=O) groups excluding carboxylic acids is 1. The maximum absolute atomic E-state index is 13.5. The molecule has 1 saturated heterocycles. The first-order chi connectivity index (χ1) is 15.0. The van der Waals surface area contributed by atoms with Crippen LogP contribution in [0.4, 0.5) is 10.3 Å². The zero-order valence-corrected chi connectivity index (χ0v) is 17.1. The van der Waals surface area contributed by atoms with Gasteiger partial charge in [-0.3, -0.25) is 9.48 Å². The Balaban J connectivity index is 1.53.